The van der Waals surface area contributed by atoms with Crippen LogP contribution in [0.2, 0.25) is 0 Å². The first-order chi connectivity index (χ1) is 9.80. The molecule has 1 aliphatic heterocycles. The highest BCUT2D eigenvalue weighted by atomic mass is 19.1. The predicted octanol–water partition coefficient (Wildman–Crippen LogP) is 2.40. The van der Waals surface area contributed by atoms with Gasteiger partial charge in [0.1, 0.15) is 17.4 Å². The standard InChI is InChI=1S/C16H21FN2O2/c1-5-16(4)15(21)19(11(3)14(20)18-16)10(2)12-6-8-13(17)9-7-12/h6-11H,5H2,1-4H3,(H,18,20). The van der Waals surface area contributed by atoms with Crippen molar-refractivity contribution in [1.82, 2.24) is 10.2 Å². The molecule has 1 aliphatic rings. The molecule has 2 amide bonds. The number of amides is 2. The van der Waals surface area contributed by atoms with E-state index in [4.69, 9.17) is 0 Å². The van der Waals surface area contributed by atoms with Gasteiger partial charge in [-0.3, -0.25) is 9.59 Å². The summed E-state index contributed by atoms with van der Waals surface area (Å²) >= 11 is 0. The van der Waals surface area contributed by atoms with E-state index < -0.39 is 11.6 Å². The van der Waals surface area contributed by atoms with Crippen molar-refractivity contribution in [3.05, 3.63) is 35.6 Å². The number of hydrogen-bond donors (Lipinski definition) is 1. The first kappa shape index (κ1) is 15.5. The lowest BCUT2D eigenvalue weighted by Gasteiger charge is -2.45. The molecular weight excluding hydrogens is 271 g/mol. The Morgan fingerprint density at radius 2 is 1.90 bits per heavy atom. The number of benzene rings is 1. The Balaban J connectivity index is 2.36. The molecule has 1 aromatic carbocycles. The summed E-state index contributed by atoms with van der Waals surface area (Å²) in [6, 6.07) is 5.20. The number of carbonyl (C=O) groups is 2. The molecule has 1 aromatic rings. The van der Waals surface area contributed by atoms with Gasteiger partial charge in [-0.2, -0.15) is 0 Å². The highest BCUT2D eigenvalue weighted by Crippen LogP contribution is 2.30. The Bertz CT molecular complexity index is 558. The largest absolute Gasteiger partial charge is 0.340 e. The van der Waals surface area contributed by atoms with E-state index in [9.17, 15) is 14.0 Å². The fourth-order valence-electron chi connectivity index (χ4n) is 2.67. The maximum atomic E-state index is 13.0. The third-order valence-corrected chi connectivity index (χ3v) is 4.38. The second-order valence-electron chi connectivity index (χ2n) is 5.79. The average molecular weight is 292 g/mol. The third-order valence-electron chi connectivity index (χ3n) is 4.38. The van der Waals surface area contributed by atoms with Gasteiger partial charge >= 0.3 is 0 Å². The maximum absolute atomic E-state index is 13.0. The first-order valence-corrected chi connectivity index (χ1v) is 7.20. The third kappa shape index (κ3) is 2.64. The smallest absolute Gasteiger partial charge is 0.249 e. The molecule has 0 radical (unpaired) electrons. The molecule has 0 aliphatic carbocycles. The molecule has 5 heteroatoms. The molecule has 1 heterocycles. The second kappa shape index (κ2) is 5.47. The molecule has 0 saturated carbocycles. The Kier molecular flexibility index (Phi) is 4.03. The van der Waals surface area contributed by atoms with E-state index in [1.807, 2.05) is 13.8 Å². The summed E-state index contributed by atoms with van der Waals surface area (Å²) in [6.45, 7) is 7.18. The molecule has 0 spiro atoms. The molecule has 2 rings (SSSR count). The van der Waals surface area contributed by atoms with Gasteiger partial charge in [-0.05, 0) is 44.9 Å². The Morgan fingerprint density at radius 1 is 1.33 bits per heavy atom. The van der Waals surface area contributed by atoms with Crippen LogP contribution in [0.5, 0.6) is 0 Å². The fourth-order valence-corrected chi connectivity index (χ4v) is 2.67. The number of carbonyl (C=O) groups excluding carboxylic acids is 2. The van der Waals surface area contributed by atoms with E-state index in [1.54, 1.807) is 30.9 Å². The molecule has 1 saturated heterocycles. The lowest BCUT2D eigenvalue weighted by molar-refractivity contribution is -0.156. The predicted molar refractivity (Wildman–Crippen MR) is 78.0 cm³/mol. The van der Waals surface area contributed by atoms with Crippen molar-refractivity contribution in [2.45, 2.75) is 51.7 Å². The Morgan fingerprint density at radius 3 is 2.43 bits per heavy atom. The van der Waals surface area contributed by atoms with Gasteiger partial charge in [0.2, 0.25) is 11.8 Å². The molecule has 1 fully saturated rings. The topological polar surface area (TPSA) is 49.4 Å². The first-order valence-electron chi connectivity index (χ1n) is 7.20. The van der Waals surface area contributed by atoms with Crippen LogP contribution >= 0.6 is 0 Å². The molecule has 0 aromatic heterocycles. The minimum absolute atomic E-state index is 0.103. The van der Waals surface area contributed by atoms with E-state index in [1.165, 1.54) is 12.1 Å². The highest BCUT2D eigenvalue weighted by molar-refractivity contribution is 5.99. The van der Waals surface area contributed by atoms with Crippen LogP contribution in [0.4, 0.5) is 4.39 Å². The lowest BCUT2D eigenvalue weighted by atomic mass is 9.90. The average Bonchev–Trinajstić information content (AvgIpc) is 2.46. The number of hydrogen-bond acceptors (Lipinski definition) is 2. The van der Waals surface area contributed by atoms with Crippen LogP contribution in [0.15, 0.2) is 24.3 Å². The molecule has 3 unspecified atom stereocenters. The molecule has 21 heavy (non-hydrogen) atoms. The van der Waals surface area contributed by atoms with Crippen molar-refractivity contribution >= 4 is 11.8 Å². The zero-order valence-electron chi connectivity index (χ0n) is 12.8. The zero-order chi connectivity index (χ0) is 15.8. The molecule has 4 nitrogen and oxygen atoms in total. The van der Waals surface area contributed by atoms with Gasteiger partial charge in [-0.1, -0.05) is 19.1 Å². The van der Waals surface area contributed by atoms with E-state index in [-0.39, 0.29) is 23.7 Å². The monoisotopic (exact) mass is 292 g/mol. The molecule has 1 N–H and O–H groups in total. The summed E-state index contributed by atoms with van der Waals surface area (Å²) < 4.78 is 13.0. The van der Waals surface area contributed by atoms with Crippen molar-refractivity contribution in [1.29, 1.82) is 0 Å². The summed E-state index contributed by atoms with van der Waals surface area (Å²) in [5.74, 6) is -0.582. The zero-order valence-corrected chi connectivity index (χ0v) is 12.8. The van der Waals surface area contributed by atoms with E-state index in [0.29, 0.717) is 6.42 Å². The van der Waals surface area contributed by atoms with Crippen molar-refractivity contribution in [2.24, 2.45) is 0 Å². The van der Waals surface area contributed by atoms with E-state index in [0.717, 1.165) is 5.56 Å². The van der Waals surface area contributed by atoms with E-state index >= 15 is 0 Å². The van der Waals surface area contributed by atoms with Crippen LogP contribution in [0.1, 0.15) is 45.7 Å². The van der Waals surface area contributed by atoms with Crippen LogP contribution < -0.4 is 5.32 Å². The van der Waals surface area contributed by atoms with Gasteiger partial charge in [-0.25, -0.2) is 4.39 Å². The second-order valence-corrected chi connectivity index (χ2v) is 5.79. The quantitative estimate of drug-likeness (QED) is 0.930. The van der Waals surface area contributed by atoms with Crippen molar-refractivity contribution in [3.8, 4) is 0 Å². The summed E-state index contributed by atoms with van der Waals surface area (Å²) in [5, 5.41) is 2.80. The van der Waals surface area contributed by atoms with Crippen LogP contribution in [-0.2, 0) is 9.59 Å². The Hall–Kier alpha value is -1.91. The van der Waals surface area contributed by atoms with Crippen molar-refractivity contribution in [3.63, 3.8) is 0 Å². The number of rotatable bonds is 3. The number of nitrogens with zero attached hydrogens (tertiary/aromatic N) is 1. The van der Waals surface area contributed by atoms with Crippen LogP contribution in [0.3, 0.4) is 0 Å². The maximum Gasteiger partial charge on any atom is 0.249 e. The summed E-state index contributed by atoms with van der Waals surface area (Å²) in [7, 11) is 0. The van der Waals surface area contributed by atoms with E-state index in [2.05, 4.69) is 5.32 Å². The van der Waals surface area contributed by atoms with Crippen LogP contribution in [-0.4, -0.2) is 28.3 Å². The SMILES string of the molecule is CCC1(C)NC(=O)C(C)N(C(C)c2ccc(F)cc2)C1=O. The number of piperazine rings is 1. The van der Waals surface area contributed by atoms with Gasteiger partial charge in [0.15, 0.2) is 0 Å². The minimum Gasteiger partial charge on any atom is -0.340 e. The lowest BCUT2D eigenvalue weighted by Crippen LogP contribution is -2.68. The van der Waals surface area contributed by atoms with Gasteiger partial charge in [0.05, 0.1) is 6.04 Å². The summed E-state index contributed by atoms with van der Waals surface area (Å²) in [6.07, 6.45) is 0.525. The number of halogens is 1. The van der Waals surface area contributed by atoms with Gasteiger partial charge < -0.3 is 10.2 Å². The van der Waals surface area contributed by atoms with Gasteiger partial charge in [0, 0.05) is 0 Å². The molecule has 114 valence electrons. The molecule has 3 atom stereocenters. The Labute approximate surface area is 124 Å². The summed E-state index contributed by atoms with van der Waals surface area (Å²) in [4.78, 5) is 26.5. The molecule has 0 bridgehead atoms. The van der Waals surface area contributed by atoms with Gasteiger partial charge in [0.25, 0.3) is 0 Å². The van der Waals surface area contributed by atoms with Gasteiger partial charge in [-0.15, -0.1) is 0 Å². The minimum atomic E-state index is -0.877. The van der Waals surface area contributed by atoms with Crippen molar-refractivity contribution in [2.75, 3.05) is 0 Å². The van der Waals surface area contributed by atoms with Crippen LogP contribution in [0.25, 0.3) is 0 Å². The van der Waals surface area contributed by atoms with Crippen LogP contribution in [0, 0.1) is 5.82 Å². The highest BCUT2D eigenvalue weighted by Gasteiger charge is 2.47. The summed E-state index contributed by atoms with van der Waals surface area (Å²) in [5.41, 5.74) is -0.0671. The fraction of sp³-hybridized carbons (Fsp3) is 0.500. The van der Waals surface area contributed by atoms with Crippen molar-refractivity contribution < 1.29 is 14.0 Å². The normalized spacial score (nSPS) is 27.5. The molecular formula is C16H21FN2O2. The number of nitrogens with one attached hydrogen (secondary N) is 1.